The SMILES string of the molecule is CC(C)=CC(=O)OCC(F)([N+](=O)[O-])[N+](=O)[O-]. The van der Waals surface area contributed by atoms with Gasteiger partial charge in [-0.25, -0.2) is 4.79 Å². The summed E-state index contributed by atoms with van der Waals surface area (Å²) in [4.78, 5) is 27.5. The lowest BCUT2D eigenvalue weighted by Gasteiger charge is -2.07. The van der Waals surface area contributed by atoms with Gasteiger partial charge in [-0.05, 0) is 13.8 Å². The van der Waals surface area contributed by atoms with E-state index in [9.17, 15) is 29.4 Å². The number of carbonyl (C=O) groups excluding carboxylic acids is 1. The van der Waals surface area contributed by atoms with Crippen molar-refractivity contribution in [1.29, 1.82) is 0 Å². The normalized spacial score (nSPS) is 10.4. The fraction of sp³-hybridized carbons (Fsp3) is 0.571. The van der Waals surface area contributed by atoms with Crippen molar-refractivity contribution in [2.45, 2.75) is 19.8 Å². The minimum Gasteiger partial charge on any atom is -0.443 e. The zero-order valence-corrected chi connectivity index (χ0v) is 8.51. The van der Waals surface area contributed by atoms with Gasteiger partial charge in [-0.1, -0.05) is 9.96 Å². The van der Waals surface area contributed by atoms with Gasteiger partial charge < -0.3 is 4.74 Å². The highest BCUT2D eigenvalue weighted by Gasteiger charge is 2.59. The summed E-state index contributed by atoms with van der Waals surface area (Å²) in [6, 6.07) is 0. The van der Waals surface area contributed by atoms with Crippen LogP contribution in [-0.4, -0.2) is 28.3 Å². The molecule has 0 saturated heterocycles. The highest BCUT2D eigenvalue weighted by atomic mass is 19.2. The molecule has 0 radical (unpaired) electrons. The van der Waals surface area contributed by atoms with Crippen LogP contribution < -0.4 is 0 Å². The fourth-order valence-corrected chi connectivity index (χ4v) is 0.612. The number of hydrogen-bond donors (Lipinski definition) is 0. The maximum Gasteiger partial charge on any atom is 0.648 e. The maximum absolute atomic E-state index is 13.0. The lowest BCUT2D eigenvalue weighted by Crippen LogP contribution is -2.46. The van der Waals surface area contributed by atoms with Crippen LogP contribution in [-0.2, 0) is 9.53 Å². The van der Waals surface area contributed by atoms with Crippen LogP contribution in [0.2, 0.25) is 0 Å². The van der Waals surface area contributed by atoms with Crippen LogP contribution in [0.25, 0.3) is 0 Å². The molecule has 8 nitrogen and oxygen atoms in total. The second-order valence-electron chi connectivity index (χ2n) is 3.06. The molecule has 0 saturated carbocycles. The molecule has 0 heterocycles. The van der Waals surface area contributed by atoms with Gasteiger partial charge in [0, 0.05) is 6.08 Å². The number of nitro groups is 2. The van der Waals surface area contributed by atoms with Gasteiger partial charge in [0.15, 0.2) is 0 Å². The van der Waals surface area contributed by atoms with Crippen molar-refractivity contribution in [3.63, 3.8) is 0 Å². The molecule has 0 atom stereocenters. The summed E-state index contributed by atoms with van der Waals surface area (Å²) in [5.41, 5.74) is 0.511. The van der Waals surface area contributed by atoms with Gasteiger partial charge >= 0.3 is 11.9 Å². The van der Waals surface area contributed by atoms with Crippen LogP contribution in [0.3, 0.4) is 0 Å². The van der Waals surface area contributed by atoms with Crippen LogP contribution in [0.1, 0.15) is 13.8 Å². The van der Waals surface area contributed by atoms with E-state index >= 15 is 0 Å². The smallest absolute Gasteiger partial charge is 0.443 e. The third-order valence-corrected chi connectivity index (χ3v) is 1.36. The van der Waals surface area contributed by atoms with Gasteiger partial charge in [0.05, 0.1) is 0 Å². The Morgan fingerprint density at radius 2 is 1.81 bits per heavy atom. The average molecular weight is 236 g/mol. The van der Waals surface area contributed by atoms with Crippen LogP contribution in [0, 0.1) is 20.2 Å². The minimum atomic E-state index is -4.01. The molecule has 0 spiro atoms. The van der Waals surface area contributed by atoms with Gasteiger partial charge in [-0.2, -0.15) is 0 Å². The zero-order chi connectivity index (χ0) is 12.9. The zero-order valence-electron chi connectivity index (χ0n) is 8.51. The third-order valence-electron chi connectivity index (χ3n) is 1.36. The van der Waals surface area contributed by atoms with Crippen molar-refractivity contribution in [2.24, 2.45) is 0 Å². The molecule has 9 heteroatoms. The predicted molar refractivity (Wildman–Crippen MR) is 48.2 cm³/mol. The highest BCUT2D eigenvalue weighted by Crippen LogP contribution is 2.13. The average Bonchev–Trinajstić information content (AvgIpc) is 2.12. The van der Waals surface area contributed by atoms with E-state index in [0.29, 0.717) is 5.57 Å². The van der Waals surface area contributed by atoms with E-state index in [1.807, 2.05) is 0 Å². The molecule has 16 heavy (non-hydrogen) atoms. The second kappa shape index (κ2) is 5.14. The Balaban J connectivity index is 4.59. The maximum atomic E-state index is 13.0. The number of nitrogens with zero attached hydrogens (tertiary/aromatic N) is 2. The Bertz CT molecular complexity index is 335. The van der Waals surface area contributed by atoms with E-state index < -0.39 is 28.3 Å². The predicted octanol–water partition coefficient (Wildman–Crippen LogP) is 0.672. The molecule has 0 amide bonds. The Morgan fingerprint density at radius 1 is 1.38 bits per heavy atom. The fourth-order valence-electron chi connectivity index (χ4n) is 0.612. The largest absolute Gasteiger partial charge is 0.648 e. The number of esters is 1. The summed E-state index contributed by atoms with van der Waals surface area (Å²) >= 11 is 0. The van der Waals surface area contributed by atoms with Crippen molar-refractivity contribution in [3.05, 3.63) is 31.9 Å². The Kier molecular flexibility index (Phi) is 4.48. The number of rotatable bonds is 5. The summed E-state index contributed by atoms with van der Waals surface area (Å²) < 4.78 is 17.1. The number of carbonyl (C=O) groups is 1. The lowest BCUT2D eigenvalue weighted by atomic mass is 10.3. The Morgan fingerprint density at radius 3 is 2.12 bits per heavy atom. The number of halogens is 1. The minimum absolute atomic E-state index is 0.511. The number of alkyl halides is 1. The Labute approximate surface area is 89.0 Å². The van der Waals surface area contributed by atoms with E-state index in [1.54, 1.807) is 0 Å². The van der Waals surface area contributed by atoms with Crippen molar-refractivity contribution in [1.82, 2.24) is 0 Å². The number of ether oxygens (including phenoxy) is 1. The molecule has 0 aliphatic carbocycles. The molecule has 0 fully saturated rings. The number of hydrogen-bond acceptors (Lipinski definition) is 6. The van der Waals surface area contributed by atoms with Crippen molar-refractivity contribution < 1.29 is 23.8 Å². The molecular weight excluding hydrogens is 227 g/mol. The van der Waals surface area contributed by atoms with Gasteiger partial charge in [0.25, 0.3) is 6.61 Å². The molecule has 0 aromatic heterocycles. The van der Waals surface area contributed by atoms with Crippen molar-refractivity contribution >= 4 is 5.97 Å². The summed E-state index contributed by atoms with van der Waals surface area (Å²) in [6.45, 7) is 1.49. The van der Waals surface area contributed by atoms with Crippen LogP contribution in [0.15, 0.2) is 11.6 Å². The number of allylic oxidation sites excluding steroid dienone is 1. The quantitative estimate of drug-likeness (QED) is 0.173. The molecule has 0 rings (SSSR count). The molecule has 0 aromatic carbocycles. The van der Waals surface area contributed by atoms with Crippen LogP contribution >= 0.6 is 0 Å². The Hall–Kier alpha value is -2.06. The summed E-state index contributed by atoms with van der Waals surface area (Å²) in [7, 11) is 0. The first kappa shape index (κ1) is 13.9. The van der Waals surface area contributed by atoms with Gasteiger partial charge in [-0.3, -0.25) is 20.2 Å². The molecule has 0 aliphatic rings. The summed E-state index contributed by atoms with van der Waals surface area (Å²) in [5.74, 6) is -5.09. The standard InChI is InChI=1S/C7H9FN2O6/c1-5(2)3-6(11)16-4-7(8,9(12)13)10(14)15/h3H,4H2,1-2H3. The topological polar surface area (TPSA) is 113 Å². The third kappa shape index (κ3) is 3.59. The van der Waals surface area contributed by atoms with Gasteiger partial charge in [0.1, 0.15) is 9.85 Å². The van der Waals surface area contributed by atoms with E-state index in [0.717, 1.165) is 6.08 Å². The van der Waals surface area contributed by atoms with E-state index in [1.165, 1.54) is 13.8 Å². The molecule has 0 unspecified atom stereocenters. The second-order valence-corrected chi connectivity index (χ2v) is 3.06. The molecule has 0 bridgehead atoms. The first-order valence-corrected chi connectivity index (χ1v) is 3.99. The first-order valence-electron chi connectivity index (χ1n) is 3.99. The molecule has 0 N–H and O–H groups in total. The van der Waals surface area contributed by atoms with Crippen LogP contribution in [0.5, 0.6) is 0 Å². The first-order chi connectivity index (χ1) is 7.20. The monoisotopic (exact) mass is 236 g/mol. The van der Waals surface area contributed by atoms with Crippen molar-refractivity contribution in [2.75, 3.05) is 6.61 Å². The lowest BCUT2D eigenvalue weighted by molar-refractivity contribution is -0.832. The van der Waals surface area contributed by atoms with Gasteiger partial charge in [-0.15, -0.1) is 0 Å². The van der Waals surface area contributed by atoms with E-state index in [2.05, 4.69) is 4.74 Å². The highest BCUT2D eigenvalue weighted by molar-refractivity contribution is 5.82. The molecule has 0 aromatic rings. The molecule has 90 valence electrons. The molecular formula is C7H9FN2O6. The summed E-state index contributed by atoms with van der Waals surface area (Å²) in [5, 5.41) is 20.2. The van der Waals surface area contributed by atoms with E-state index in [4.69, 9.17) is 0 Å². The summed E-state index contributed by atoms with van der Waals surface area (Å²) in [6.07, 6.45) is 0.931. The van der Waals surface area contributed by atoms with E-state index in [-0.39, 0.29) is 0 Å². The van der Waals surface area contributed by atoms with Crippen molar-refractivity contribution in [3.8, 4) is 0 Å². The van der Waals surface area contributed by atoms with Crippen LogP contribution in [0.4, 0.5) is 4.39 Å². The molecule has 0 aliphatic heterocycles. The van der Waals surface area contributed by atoms with Gasteiger partial charge in [0.2, 0.25) is 0 Å².